The Hall–Kier alpha value is -2.19. The zero-order valence-corrected chi connectivity index (χ0v) is 12.7. The lowest BCUT2D eigenvalue weighted by molar-refractivity contribution is 0.416. The normalized spacial score (nSPS) is 10.4. The largest absolute Gasteiger partial charge is 0.496 e. The van der Waals surface area contributed by atoms with Crippen molar-refractivity contribution in [3.8, 4) is 28.0 Å². The molecule has 104 valence electrons. The molecule has 0 aliphatic carbocycles. The number of benzene rings is 3. The highest BCUT2D eigenvalue weighted by molar-refractivity contribution is 7.80. The van der Waals surface area contributed by atoms with Gasteiger partial charge >= 0.3 is 0 Å². The first-order valence-electron chi connectivity index (χ1n) is 6.82. The Kier molecular flexibility index (Phi) is 3.98. The molecule has 2 heteroatoms. The Morgan fingerprint density at radius 1 is 0.667 bits per heavy atom. The van der Waals surface area contributed by atoms with Crippen molar-refractivity contribution in [2.24, 2.45) is 0 Å². The zero-order valence-electron chi connectivity index (χ0n) is 11.8. The molecule has 3 aromatic carbocycles. The van der Waals surface area contributed by atoms with E-state index in [1.165, 1.54) is 0 Å². The van der Waals surface area contributed by atoms with E-state index < -0.39 is 0 Å². The summed E-state index contributed by atoms with van der Waals surface area (Å²) in [5.74, 6) is 0.859. The molecule has 0 unspecified atom stereocenters. The van der Waals surface area contributed by atoms with Crippen LogP contribution in [0.3, 0.4) is 0 Å². The van der Waals surface area contributed by atoms with E-state index in [1.807, 2.05) is 48.5 Å². The van der Waals surface area contributed by atoms with Crippen molar-refractivity contribution in [2.75, 3.05) is 7.11 Å². The Balaban J connectivity index is 2.33. The van der Waals surface area contributed by atoms with Crippen molar-refractivity contribution in [1.29, 1.82) is 0 Å². The molecule has 0 atom stereocenters. The summed E-state index contributed by atoms with van der Waals surface area (Å²) in [6.45, 7) is 0. The van der Waals surface area contributed by atoms with Gasteiger partial charge in [-0.2, -0.15) is 0 Å². The van der Waals surface area contributed by atoms with E-state index in [4.69, 9.17) is 4.74 Å². The Morgan fingerprint density at radius 2 is 1.19 bits per heavy atom. The Labute approximate surface area is 130 Å². The number of ether oxygens (including phenoxy) is 1. The number of thiol groups is 1. The molecule has 0 amide bonds. The van der Waals surface area contributed by atoms with Crippen molar-refractivity contribution in [3.05, 3.63) is 72.8 Å². The second kappa shape index (κ2) is 6.06. The van der Waals surface area contributed by atoms with Crippen LogP contribution in [0.25, 0.3) is 22.3 Å². The van der Waals surface area contributed by atoms with Crippen LogP contribution in [0.2, 0.25) is 0 Å². The fraction of sp³-hybridized carbons (Fsp3) is 0.0526. The second-order valence-corrected chi connectivity index (χ2v) is 5.25. The van der Waals surface area contributed by atoms with Crippen molar-refractivity contribution < 1.29 is 4.74 Å². The SMILES string of the molecule is COc1ccc(S)c(-c2ccccc2)c1-c1ccccc1. The Morgan fingerprint density at radius 3 is 1.71 bits per heavy atom. The maximum absolute atomic E-state index is 5.58. The van der Waals surface area contributed by atoms with E-state index in [0.717, 1.165) is 32.9 Å². The summed E-state index contributed by atoms with van der Waals surface area (Å²) in [4.78, 5) is 0.945. The fourth-order valence-corrected chi connectivity index (χ4v) is 2.85. The van der Waals surface area contributed by atoms with Crippen LogP contribution >= 0.6 is 12.6 Å². The molecule has 1 nitrogen and oxygen atoms in total. The molecule has 0 fully saturated rings. The van der Waals surface area contributed by atoms with Gasteiger partial charge in [0.15, 0.2) is 0 Å². The molecule has 0 radical (unpaired) electrons. The second-order valence-electron chi connectivity index (χ2n) is 4.77. The zero-order chi connectivity index (χ0) is 14.7. The summed E-state index contributed by atoms with van der Waals surface area (Å²) in [6.07, 6.45) is 0. The van der Waals surface area contributed by atoms with E-state index >= 15 is 0 Å². The molecule has 0 spiro atoms. The molecular formula is C19H16OS. The highest BCUT2D eigenvalue weighted by Gasteiger charge is 2.15. The third-order valence-electron chi connectivity index (χ3n) is 3.49. The lowest BCUT2D eigenvalue weighted by Crippen LogP contribution is -1.93. The van der Waals surface area contributed by atoms with E-state index in [1.54, 1.807) is 7.11 Å². The summed E-state index contributed by atoms with van der Waals surface area (Å²) < 4.78 is 5.58. The molecular weight excluding hydrogens is 276 g/mol. The minimum Gasteiger partial charge on any atom is -0.496 e. The van der Waals surface area contributed by atoms with E-state index in [-0.39, 0.29) is 0 Å². The number of hydrogen-bond donors (Lipinski definition) is 1. The van der Waals surface area contributed by atoms with Gasteiger partial charge in [-0.25, -0.2) is 0 Å². The summed E-state index contributed by atoms with van der Waals surface area (Å²) in [6, 6.07) is 24.5. The van der Waals surface area contributed by atoms with E-state index in [9.17, 15) is 0 Å². The summed E-state index contributed by atoms with van der Waals surface area (Å²) in [5.41, 5.74) is 4.45. The van der Waals surface area contributed by atoms with Crippen LogP contribution in [-0.4, -0.2) is 7.11 Å². The Bertz CT molecular complexity index is 736. The predicted molar refractivity (Wildman–Crippen MR) is 91.1 cm³/mol. The number of rotatable bonds is 3. The highest BCUT2D eigenvalue weighted by atomic mass is 32.1. The quantitative estimate of drug-likeness (QED) is 0.643. The molecule has 0 saturated heterocycles. The maximum atomic E-state index is 5.58. The van der Waals surface area contributed by atoms with Gasteiger partial charge in [-0.1, -0.05) is 60.7 Å². The first-order chi connectivity index (χ1) is 10.3. The molecule has 0 aliphatic heterocycles. The lowest BCUT2D eigenvalue weighted by Gasteiger charge is -2.16. The molecule has 0 aliphatic rings. The van der Waals surface area contributed by atoms with Gasteiger partial charge in [0.1, 0.15) is 5.75 Å². The lowest BCUT2D eigenvalue weighted by atomic mass is 9.93. The number of hydrogen-bond acceptors (Lipinski definition) is 2. The van der Waals surface area contributed by atoms with Crippen LogP contribution in [0.4, 0.5) is 0 Å². The summed E-state index contributed by atoms with van der Waals surface area (Å²) in [7, 11) is 1.70. The van der Waals surface area contributed by atoms with Gasteiger partial charge in [-0.3, -0.25) is 0 Å². The van der Waals surface area contributed by atoms with Crippen molar-refractivity contribution in [1.82, 2.24) is 0 Å². The van der Waals surface area contributed by atoms with Crippen LogP contribution in [-0.2, 0) is 0 Å². The van der Waals surface area contributed by atoms with Crippen molar-refractivity contribution in [3.63, 3.8) is 0 Å². The standard InChI is InChI=1S/C19H16OS/c1-20-16-12-13-17(21)19(15-10-6-3-7-11-15)18(16)14-8-4-2-5-9-14/h2-13,21H,1H3. The average molecular weight is 292 g/mol. The van der Waals surface area contributed by atoms with Gasteiger partial charge in [0, 0.05) is 16.0 Å². The van der Waals surface area contributed by atoms with Crippen molar-refractivity contribution in [2.45, 2.75) is 4.90 Å². The third-order valence-corrected chi connectivity index (χ3v) is 3.86. The molecule has 21 heavy (non-hydrogen) atoms. The predicted octanol–water partition coefficient (Wildman–Crippen LogP) is 5.32. The van der Waals surface area contributed by atoms with Crippen LogP contribution in [0.1, 0.15) is 0 Å². The third kappa shape index (κ3) is 2.67. The highest BCUT2D eigenvalue weighted by Crippen LogP contribution is 2.42. The molecule has 3 aromatic rings. The number of methoxy groups -OCH3 is 1. The van der Waals surface area contributed by atoms with Gasteiger partial charge in [0.05, 0.1) is 7.11 Å². The van der Waals surface area contributed by atoms with Crippen LogP contribution < -0.4 is 4.74 Å². The van der Waals surface area contributed by atoms with Gasteiger partial charge in [0.2, 0.25) is 0 Å². The molecule has 0 bridgehead atoms. The van der Waals surface area contributed by atoms with Gasteiger partial charge in [-0.15, -0.1) is 12.6 Å². The fourth-order valence-electron chi connectivity index (χ4n) is 2.53. The molecule has 0 aromatic heterocycles. The molecule has 0 heterocycles. The molecule has 0 N–H and O–H groups in total. The minimum atomic E-state index is 0.859. The van der Waals surface area contributed by atoms with Crippen LogP contribution in [0, 0.1) is 0 Å². The van der Waals surface area contributed by atoms with Gasteiger partial charge < -0.3 is 4.74 Å². The molecule has 3 rings (SSSR count). The summed E-state index contributed by atoms with van der Waals surface area (Å²) >= 11 is 4.66. The summed E-state index contributed by atoms with van der Waals surface area (Å²) in [5, 5.41) is 0. The van der Waals surface area contributed by atoms with Gasteiger partial charge in [-0.05, 0) is 23.3 Å². The first-order valence-corrected chi connectivity index (χ1v) is 7.27. The average Bonchev–Trinajstić information content (AvgIpc) is 2.56. The van der Waals surface area contributed by atoms with Gasteiger partial charge in [0.25, 0.3) is 0 Å². The van der Waals surface area contributed by atoms with Crippen molar-refractivity contribution >= 4 is 12.6 Å². The molecule has 0 saturated carbocycles. The monoisotopic (exact) mass is 292 g/mol. The first kappa shape index (κ1) is 13.8. The topological polar surface area (TPSA) is 9.23 Å². The van der Waals surface area contributed by atoms with E-state index in [2.05, 4.69) is 36.9 Å². The smallest absolute Gasteiger partial charge is 0.127 e. The maximum Gasteiger partial charge on any atom is 0.127 e. The van der Waals surface area contributed by atoms with E-state index in [0.29, 0.717) is 0 Å². The van der Waals surface area contributed by atoms with Crippen LogP contribution in [0.15, 0.2) is 77.7 Å². The minimum absolute atomic E-state index is 0.859. The van der Waals surface area contributed by atoms with Crippen LogP contribution in [0.5, 0.6) is 5.75 Å².